The number of nitrogens with one attached hydrogen (secondary N) is 1. The maximum absolute atomic E-state index is 12.4. The van der Waals surface area contributed by atoms with Gasteiger partial charge in [-0.15, -0.1) is 0 Å². The van der Waals surface area contributed by atoms with Crippen molar-refractivity contribution in [3.8, 4) is 16.9 Å². The second kappa shape index (κ2) is 8.66. The molecule has 2 aromatic heterocycles. The highest BCUT2D eigenvalue weighted by molar-refractivity contribution is 6.00. The molecule has 0 saturated carbocycles. The Morgan fingerprint density at radius 2 is 1.93 bits per heavy atom. The average molecular weight is 398 g/mol. The van der Waals surface area contributed by atoms with Crippen molar-refractivity contribution >= 4 is 22.4 Å². The van der Waals surface area contributed by atoms with Crippen LogP contribution >= 0.6 is 0 Å². The first-order chi connectivity index (χ1) is 14.7. The molecule has 5 heteroatoms. The van der Waals surface area contributed by atoms with Crippen LogP contribution in [0.25, 0.3) is 27.7 Å². The Hall–Kier alpha value is -3.86. The van der Waals surface area contributed by atoms with Gasteiger partial charge in [-0.25, -0.2) is 0 Å². The maximum Gasteiger partial charge on any atom is 0.244 e. The minimum Gasteiger partial charge on any atom is -0.496 e. The molecule has 150 valence electrons. The number of hydrogen-bond acceptors (Lipinski definition) is 4. The molecule has 0 aliphatic heterocycles. The zero-order valence-corrected chi connectivity index (χ0v) is 16.9. The number of furan rings is 1. The van der Waals surface area contributed by atoms with Gasteiger partial charge in [-0.1, -0.05) is 36.4 Å². The minimum atomic E-state index is -0.184. The van der Waals surface area contributed by atoms with Gasteiger partial charge >= 0.3 is 0 Å². The van der Waals surface area contributed by atoms with Gasteiger partial charge < -0.3 is 14.5 Å². The molecule has 5 nitrogen and oxygen atoms in total. The van der Waals surface area contributed by atoms with Crippen molar-refractivity contribution in [3.63, 3.8) is 0 Å². The standard InChI is InChI=1S/C25H22N2O3/c1-17(12-25(28)27-15-19-10-6-7-11-26-19)20-13-21-22(18-8-4-3-5-9-18)16-30-24(21)14-23(20)29-2/h3-14,16H,15H2,1-2H3,(H,27,28)/b17-12+. The van der Waals surface area contributed by atoms with E-state index in [0.29, 0.717) is 12.3 Å². The van der Waals surface area contributed by atoms with Crippen LogP contribution in [0.2, 0.25) is 0 Å². The predicted molar refractivity (Wildman–Crippen MR) is 118 cm³/mol. The van der Waals surface area contributed by atoms with Gasteiger partial charge in [0.15, 0.2) is 0 Å². The van der Waals surface area contributed by atoms with Crippen LogP contribution in [0.4, 0.5) is 0 Å². The monoisotopic (exact) mass is 398 g/mol. The first kappa shape index (κ1) is 19.5. The third-order valence-electron chi connectivity index (χ3n) is 4.92. The number of methoxy groups -OCH3 is 1. The number of hydrogen-bond donors (Lipinski definition) is 1. The van der Waals surface area contributed by atoms with Crippen molar-refractivity contribution < 1.29 is 13.9 Å². The number of rotatable bonds is 6. The third kappa shape index (κ3) is 4.10. The lowest BCUT2D eigenvalue weighted by Crippen LogP contribution is -2.21. The molecule has 0 spiro atoms. The average Bonchev–Trinajstić information content (AvgIpc) is 3.21. The molecule has 0 aliphatic carbocycles. The summed E-state index contributed by atoms with van der Waals surface area (Å²) in [7, 11) is 1.61. The fraction of sp³-hybridized carbons (Fsp3) is 0.120. The number of aromatic nitrogens is 1. The molecular weight excluding hydrogens is 376 g/mol. The lowest BCUT2D eigenvalue weighted by atomic mass is 9.99. The van der Waals surface area contributed by atoms with Crippen LogP contribution in [0.5, 0.6) is 5.75 Å². The normalized spacial score (nSPS) is 11.5. The van der Waals surface area contributed by atoms with E-state index in [0.717, 1.165) is 38.9 Å². The lowest BCUT2D eigenvalue weighted by molar-refractivity contribution is -0.116. The van der Waals surface area contributed by atoms with E-state index in [-0.39, 0.29) is 5.91 Å². The molecule has 0 aliphatic rings. The fourth-order valence-electron chi connectivity index (χ4n) is 3.38. The zero-order chi connectivity index (χ0) is 20.9. The van der Waals surface area contributed by atoms with E-state index in [4.69, 9.17) is 9.15 Å². The van der Waals surface area contributed by atoms with Crippen LogP contribution in [-0.2, 0) is 11.3 Å². The van der Waals surface area contributed by atoms with Gasteiger partial charge in [0.1, 0.15) is 11.3 Å². The molecule has 0 radical (unpaired) electrons. The maximum atomic E-state index is 12.4. The minimum absolute atomic E-state index is 0.184. The molecule has 0 bridgehead atoms. The second-order valence-corrected chi connectivity index (χ2v) is 6.93. The Balaban J connectivity index is 1.64. The van der Waals surface area contributed by atoms with E-state index in [2.05, 4.69) is 10.3 Å². The van der Waals surface area contributed by atoms with E-state index in [9.17, 15) is 4.79 Å². The van der Waals surface area contributed by atoms with Crippen LogP contribution in [-0.4, -0.2) is 18.0 Å². The van der Waals surface area contributed by atoms with Crippen molar-refractivity contribution in [1.29, 1.82) is 0 Å². The summed E-state index contributed by atoms with van der Waals surface area (Å²) < 4.78 is 11.3. The smallest absolute Gasteiger partial charge is 0.244 e. The van der Waals surface area contributed by atoms with E-state index >= 15 is 0 Å². The Labute approximate surface area is 175 Å². The number of carbonyl (C=O) groups excluding carboxylic acids is 1. The topological polar surface area (TPSA) is 64.4 Å². The highest BCUT2D eigenvalue weighted by Gasteiger charge is 2.14. The first-order valence-corrected chi connectivity index (χ1v) is 9.67. The van der Waals surface area contributed by atoms with E-state index in [1.54, 1.807) is 25.6 Å². The summed E-state index contributed by atoms with van der Waals surface area (Å²) in [6.07, 6.45) is 5.04. The quantitative estimate of drug-likeness (QED) is 0.452. The second-order valence-electron chi connectivity index (χ2n) is 6.93. The number of allylic oxidation sites excluding steroid dienone is 1. The first-order valence-electron chi connectivity index (χ1n) is 9.67. The molecule has 1 amide bonds. The zero-order valence-electron chi connectivity index (χ0n) is 16.9. The van der Waals surface area contributed by atoms with Crippen LogP contribution in [0.15, 0.2) is 83.6 Å². The highest BCUT2D eigenvalue weighted by atomic mass is 16.5. The lowest BCUT2D eigenvalue weighted by Gasteiger charge is -2.10. The molecule has 0 saturated heterocycles. The Morgan fingerprint density at radius 1 is 1.13 bits per heavy atom. The molecule has 0 atom stereocenters. The number of pyridine rings is 1. The van der Waals surface area contributed by atoms with Gasteiger partial charge in [-0.2, -0.15) is 0 Å². The van der Waals surface area contributed by atoms with Gasteiger partial charge in [0.25, 0.3) is 0 Å². The molecule has 2 aromatic carbocycles. The van der Waals surface area contributed by atoms with Gasteiger partial charge in [0.2, 0.25) is 5.91 Å². The summed E-state index contributed by atoms with van der Waals surface area (Å²) in [5.41, 5.74) is 5.26. The van der Waals surface area contributed by atoms with E-state index in [1.165, 1.54) is 0 Å². The van der Waals surface area contributed by atoms with E-state index < -0.39 is 0 Å². The molecule has 0 fully saturated rings. The number of ether oxygens (including phenoxy) is 1. The van der Waals surface area contributed by atoms with E-state index in [1.807, 2.05) is 67.6 Å². The molecule has 4 rings (SSSR count). The van der Waals surface area contributed by atoms with Crippen molar-refractivity contribution in [3.05, 3.63) is 90.5 Å². The summed E-state index contributed by atoms with van der Waals surface area (Å²) in [5.74, 6) is 0.471. The number of carbonyl (C=O) groups is 1. The van der Waals surface area contributed by atoms with Crippen LogP contribution in [0.1, 0.15) is 18.2 Å². The van der Waals surface area contributed by atoms with Gasteiger partial charge in [0.05, 0.1) is 25.6 Å². The highest BCUT2D eigenvalue weighted by Crippen LogP contribution is 2.37. The van der Waals surface area contributed by atoms with Crippen LogP contribution in [0.3, 0.4) is 0 Å². The SMILES string of the molecule is COc1cc2occ(-c3ccccc3)c2cc1/C(C)=C/C(=O)NCc1ccccn1. The molecule has 30 heavy (non-hydrogen) atoms. The summed E-state index contributed by atoms with van der Waals surface area (Å²) in [4.78, 5) is 16.6. The largest absolute Gasteiger partial charge is 0.496 e. The number of benzene rings is 2. The number of nitrogens with zero attached hydrogens (tertiary/aromatic N) is 1. The fourth-order valence-corrected chi connectivity index (χ4v) is 3.38. The van der Waals surface area contributed by atoms with Crippen LogP contribution < -0.4 is 10.1 Å². The summed E-state index contributed by atoms with van der Waals surface area (Å²) >= 11 is 0. The van der Waals surface area contributed by atoms with Gasteiger partial charge in [-0.3, -0.25) is 9.78 Å². The molecule has 0 unspecified atom stereocenters. The number of amides is 1. The summed E-state index contributed by atoms with van der Waals surface area (Å²) in [5, 5.41) is 3.84. The van der Waals surface area contributed by atoms with Crippen molar-refractivity contribution in [1.82, 2.24) is 10.3 Å². The van der Waals surface area contributed by atoms with Crippen molar-refractivity contribution in [2.45, 2.75) is 13.5 Å². The molecular formula is C25H22N2O3. The molecule has 1 N–H and O–H groups in total. The number of fused-ring (bicyclic) bond motifs is 1. The third-order valence-corrected chi connectivity index (χ3v) is 4.92. The van der Waals surface area contributed by atoms with Crippen molar-refractivity contribution in [2.75, 3.05) is 7.11 Å². The van der Waals surface area contributed by atoms with Gasteiger partial charge in [0, 0.05) is 34.9 Å². The Bertz CT molecular complexity index is 1200. The summed E-state index contributed by atoms with van der Waals surface area (Å²) in [6.45, 7) is 2.27. The molecule has 4 aromatic rings. The summed E-state index contributed by atoms with van der Waals surface area (Å²) in [6, 6.07) is 19.5. The Morgan fingerprint density at radius 3 is 2.67 bits per heavy atom. The Kier molecular flexibility index (Phi) is 5.61. The van der Waals surface area contributed by atoms with Crippen LogP contribution in [0, 0.1) is 0 Å². The predicted octanol–water partition coefficient (Wildman–Crippen LogP) is 5.22. The molecule has 2 heterocycles. The van der Waals surface area contributed by atoms with Gasteiger partial charge in [-0.05, 0) is 36.3 Å². The van der Waals surface area contributed by atoms with Crippen molar-refractivity contribution in [2.24, 2.45) is 0 Å².